The number of nitrogens with one attached hydrogen (secondary N) is 1. The normalized spacial score (nSPS) is 15.3. The van der Waals surface area contributed by atoms with Gasteiger partial charge in [-0.25, -0.2) is 8.78 Å². The SMILES string of the molecule is COC(C(Cc1cc(F)cc(F)c1)NN)C(C)(C)C. The summed E-state index contributed by atoms with van der Waals surface area (Å²) in [6.45, 7) is 6.08. The van der Waals surface area contributed by atoms with Crippen molar-refractivity contribution in [2.24, 2.45) is 11.3 Å². The first-order chi connectivity index (χ1) is 8.77. The molecule has 3 N–H and O–H groups in total. The molecule has 1 aromatic carbocycles. The number of rotatable bonds is 5. The fourth-order valence-corrected chi connectivity index (χ4v) is 2.36. The summed E-state index contributed by atoms with van der Waals surface area (Å²) in [6.07, 6.45) is 0.213. The summed E-state index contributed by atoms with van der Waals surface area (Å²) in [4.78, 5) is 0. The number of benzene rings is 1. The van der Waals surface area contributed by atoms with Crippen molar-refractivity contribution in [1.29, 1.82) is 0 Å². The second-order valence-corrected chi connectivity index (χ2v) is 5.78. The summed E-state index contributed by atoms with van der Waals surface area (Å²) < 4.78 is 31.8. The molecule has 1 rings (SSSR count). The van der Waals surface area contributed by atoms with Crippen LogP contribution in [0.3, 0.4) is 0 Å². The lowest BCUT2D eigenvalue weighted by Crippen LogP contribution is -2.51. The Morgan fingerprint density at radius 1 is 1.21 bits per heavy atom. The largest absolute Gasteiger partial charge is 0.379 e. The molecule has 0 saturated heterocycles. The maximum absolute atomic E-state index is 13.2. The van der Waals surface area contributed by atoms with E-state index in [-0.39, 0.29) is 17.6 Å². The zero-order valence-corrected chi connectivity index (χ0v) is 11.8. The molecule has 0 bridgehead atoms. The van der Waals surface area contributed by atoms with E-state index in [0.29, 0.717) is 12.0 Å². The third-order valence-corrected chi connectivity index (χ3v) is 3.06. The molecule has 1 aromatic rings. The van der Waals surface area contributed by atoms with Crippen LogP contribution in [0.25, 0.3) is 0 Å². The number of hydrogen-bond acceptors (Lipinski definition) is 3. The van der Waals surface area contributed by atoms with E-state index in [2.05, 4.69) is 5.43 Å². The summed E-state index contributed by atoms with van der Waals surface area (Å²) >= 11 is 0. The van der Waals surface area contributed by atoms with Crippen molar-refractivity contribution in [1.82, 2.24) is 5.43 Å². The minimum Gasteiger partial charge on any atom is -0.379 e. The van der Waals surface area contributed by atoms with E-state index in [1.54, 1.807) is 7.11 Å². The van der Waals surface area contributed by atoms with Crippen LogP contribution in [-0.2, 0) is 11.2 Å². The zero-order valence-electron chi connectivity index (χ0n) is 11.8. The van der Waals surface area contributed by atoms with Gasteiger partial charge in [-0.2, -0.15) is 0 Å². The Morgan fingerprint density at radius 3 is 2.11 bits per heavy atom. The van der Waals surface area contributed by atoms with Crippen molar-refractivity contribution in [3.05, 3.63) is 35.4 Å². The highest BCUT2D eigenvalue weighted by molar-refractivity contribution is 5.19. The number of hydrogen-bond donors (Lipinski definition) is 2. The molecule has 0 radical (unpaired) electrons. The van der Waals surface area contributed by atoms with Crippen molar-refractivity contribution < 1.29 is 13.5 Å². The molecule has 0 amide bonds. The summed E-state index contributed by atoms with van der Waals surface area (Å²) in [5, 5.41) is 0. The van der Waals surface area contributed by atoms with Gasteiger partial charge in [0.2, 0.25) is 0 Å². The van der Waals surface area contributed by atoms with Crippen LogP contribution in [0.4, 0.5) is 8.78 Å². The van der Waals surface area contributed by atoms with Gasteiger partial charge in [0, 0.05) is 13.2 Å². The lowest BCUT2D eigenvalue weighted by atomic mass is 9.82. The van der Waals surface area contributed by atoms with Crippen LogP contribution in [0.5, 0.6) is 0 Å². The molecule has 2 atom stereocenters. The van der Waals surface area contributed by atoms with Gasteiger partial charge in [0.05, 0.1) is 12.1 Å². The van der Waals surface area contributed by atoms with Gasteiger partial charge in [-0.05, 0) is 29.5 Å². The minimum absolute atomic E-state index is 0.141. The standard InChI is InChI=1S/C14H22F2N2O/c1-14(2,3)13(19-4)12(18-17)7-9-5-10(15)8-11(16)6-9/h5-6,8,12-13,18H,7,17H2,1-4H3. The van der Waals surface area contributed by atoms with E-state index in [0.717, 1.165) is 6.07 Å². The van der Waals surface area contributed by atoms with E-state index in [9.17, 15) is 8.78 Å². The van der Waals surface area contributed by atoms with E-state index in [1.807, 2.05) is 20.8 Å². The van der Waals surface area contributed by atoms with Gasteiger partial charge in [-0.3, -0.25) is 11.3 Å². The maximum atomic E-state index is 13.2. The molecule has 2 unspecified atom stereocenters. The van der Waals surface area contributed by atoms with Gasteiger partial charge in [0.15, 0.2) is 0 Å². The summed E-state index contributed by atoms with van der Waals surface area (Å²) in [7, 11) is 1.60. The molecule has 108 valence electrons. The smallest absolute Gasteiger partial charge is 0.126 e. The summed E-state index contributed by atoms with van der Waals surface area (Å²) in [5.41, 5.74) is 3.08. The van der Waals surface area contributed by atoms with Gasteiger partial charge in [-0.15, -0.1) is 0 Å². The average Bonchev–Trinajstić information content (AvgIpc) is 2.25. The minimum atomic E-state index is -0.588. The lowest BCUT2D eigenvalue weighted by Gasteiger charge is -2.35. The van der Waals surface area contributed by atoms with Gasteiger partial charge in [0.25, 0.3) is 0 Å². The van der Waals surface area contributed by atoms with Gasteiger partial charge in [0.1, 0.15) is 11.6 Å². The van der Waals surface area contributed by atoms with Crippen molar-refractivity contribution in [2.75, 3.05) is 7.11 Å². The Hall–Kier alpha value is -1.04. The molecule has 0 aliphatic rings. The number of hydrazine groups is 1. The first-order valence-electron chi connectivity index (χ1n) is 6.22. The van der Waals surface area contributed by atoms with Crippen LogP contribution in [0.2, 0.25) is 0 Å². The first kappa shape index (κ1) is 16.0. The predicted molar refractivity (Wildman–Crippen MR) is 71.4 cm³/mol. The van der Waals surface area contributed by atoms with E-state index >= 15 is 0 Å². The third kappa shape index (κ3) is 4.53. The molecule has 0 fully saturated rings. The highest BCUT2D eigenvalue weighted by atomic mass is 19.1. The predicted octanol–water partition coefficient (Wildman–Crippen LogP) is 2.40. The van der Waals surface area contributed by atoms with Gasteiger partial charge in [-0.1, -0.05) is 20.8 Å². The van der Waals surface area contributed by atoms with Crippen LogP contribution in [0.15, 0.2) is 18.2 Å². The van der Waals surface area contributed by atoms with Gasteiger partial charge >= 0.3 is 0 Å². The lowest BCUT2D eigenvalue weighted by molar-refractivity contribution is -0.0110. The molecule has 3 nitrogen and oxygen atoms in total. The van der Waals surface area contributed by atoms with Crippen LogP contribution >= 0.6 is 0 Å². The Bertz CT molecular complexity index is 398. The third-order valence-electron chi connectivity index (χ3n) is 3.06. The van der Waals surface area contributed by atoms with Gasteiger partial charge < -0.3 is 4.74 Å². The molecular formula is C14H22F2N2O. The van der Waals surface area contributed by atoms with Crippen molar-refractivity contribution >= 4 is 0 Å². The zero-order chi connectivity index (χ0) is 14.6. The Morgan fingerprint density at radius 2 is 1.74 bits per heavy atom. The molecule has 5 heteroatoms. The highest BCUT2D eigenvalue weighted by Crippen LogP contribution is 2.26. The van der Waals surface area contributed by atoms with E-state index in [1.165, 1.54) is 12.1 Å². The highest BCUT2D eigenvalue weighted by Gasteiger charge is 2.32. The van der Waals surface area contributed by atoms with Crippen LogP contribution in [0, 0.1) is 17.0 Å². The maximum Gasteiger partial charge on any atom is 0.126 e. The fraction of sp³-hybridized carbons (Fsp3) is 0.571. The second-order valence-electron chi connectivity index (χ2n) is 5.78. The summed E-state index contributed by atoms with van der Waals surface area (Å²) in [5.74, 6) is 4.38. The van der Waals surface area contributed by atoms with Crippen LogP contribution < -0.4 is 11.3 Å². The average molecular weight is 272 g/mol. The van der Waals surface area contributed by atoms with Crippen LogP contribution in [-0.4, -0.2) is 19.3 Å². The molecular weight excluding hydrogens is 250 g/mol. The molecule has 0 aliphatic heterocycles. The van der Waals surface area contributed by atoms with Crippen molar-refractivity contribution in [3.8, 4) is 0 Å². The molecule has 0 aliphatic carbocycles. The molecule has 0 heterocycles. The van der Waals surface area contributed by atoms with Crippen molar-refractivity contribution in [2.45, 2.75) is 39.3 Å². The number of methoxy groups -OCH3 is 1. The Kier molecular flexibility index (Phi) is 5.40. The van der Waals surface area contributed by atoms with E-state index in [4.69, 9.17) is 10.6 Å². The monoisotopic (exact) mass is 272 g/mol. The quantitative estimate of drug-likeness (QED) is 0.639. The Labute approximate surface area is 113 Å². The Balaban J connectivity index is 2.92. The molecule has 0 aromatic heterocycles. The fourth-order valence-electron chi connectivity index (χ4n) is 2.36. The van der Waals surface area contributed by atoms with E-state index < -0.39 is 11.6 Å². The number of halogens is 2. The van der Waals surface area contributed by atoms with Crippen molar-refractivity contribution in [3.63, 3.8) is 0 Å². The topological polar surface area (TPSA) is 47.3 Å². The molecule has 0 saturated carbocycles. The number of nitrogens with two attached hydrogens (primary N) is 1. The first-order valence-corrected chi connectivity index (χ1v) is 6.22. The summed E-state index contributed by atoms with van der Waals surface area (Å²) in [6, 6.07) is 3.24. The molecule has 0 spiro atoms. The second kappa shape index (κ2) is 6.41. The number of ether oxygens (including phenoxy) is 1. The molecule has 19 heavy (non-hydrogen) atoms. The van der Waals surface area contributed by atoms with Crippen LogP contribution in [0.1, 0.15) is 26.3 Å².